The lowest BCUT2D eigenvalue weighted by atomic mass is 10.1. The van der Waals surface area contributed by atoms with Crippen molar-refractivity contribution in [3.63, 3.8) is 0 Å². The molecule has 1 atom stereocenters. The summed E-state index contributed by atoms with van der Waals surface area (Å²) in [5.41, 5.74) is 2.96. The van der Waals surface area contributed by atoms with Crippen LogP contribution in [0.3, 0.4) is 0 Å². The van der Waals surface area contributed by atoms with Gasteiger partial charge in [0.2, 0.25) is 0 Å². The number of nitrogens with one attached hydrogen (secondary N) is 1. The van der Waals surface area contributed by atoms with Gasteiger partial charge in [-0.05, 0) is 43.9 Å². The Kier molecular flexibility index (Phi) is 4.66. The largest absolute Gasteiger partial charge is 0.497 e. The van der Waals surface area contributed by atoms with Crippen molar-refractivity contribution in [3.8, 4) is 5.75 Å². The van der Waals surface area contributed by atoms with Crippen LogP contribution in [-0.4, -0.2) is 20.2 Å². The van der Waals surface area contributed by atoms with Gasteiger partial charge in [-0.1, -0.05) is 12.1 Å². The van der Waals surface area contributed by atoms with Crippen LogP contribution in [0.2, 0.25) is 0 Å². The first-order chi connectivity index (χ1) is 9.65. The minimum Gasteiger partial charge on any atom is -0.497 e. The van der Waals surface area contributed by atoms with Crippen molar-refractivity contribution in [2.24, 2.45) is 0 Å². The van der Waals surface area contributed by atoms with Gasteiger partial charge in [-0.25, -0.2) is 4.79 Å². The van der Waals surface area contributed by atoms with Gasteiger partial charge in [0.1, 0.15) is 5.75 Å². The smallest absolute Gasteiger partial charge is 0.335 e. The summed E-state index contributed by atoms with van der Waals surface area (Å²) in [6, 6.07) is 8.09. The minimum atomic E-state index is -0.216. The van der Waals surface area contributed by atoms with Crippen molar-refractivity contribution in [1.29, 1.82) is 0 Å². The molecule has 4 nitrogen and oxygen atoms in total. The van der Waals surface area contributed by atoms with E-state index in [1.54, 1.807) is 7.11 Å². The Balaban J connectivity index is 2.09. The summed E-state index contributed by atoms with van der Waals surface area (Å²) in [5.74, 6) is 0.628. The monoisotopic (exact) mass is 275 g/mol. The van der Waals surface area contributed by atoms with E-state index in [9.17, 15) is 4.79 Å². The average molecular weight is 275 g/mol. The highest BCUT2D eigenvalue weighted by Crippen LogP contribution is 2.27. The lowest BCUT2D eigenvalue weighted by molar-refractivity contribution is -0.136. The molecule has 2 rings (SSSR count). The van der Waals surface area contributed by atoms with E-state index in [-0.39, 0.29) is 12.0 Å². The van der Waals surface area contributed by atoms with E-state index in [2.05, 4.69) is 12.2 Å². The van der Waals surface area contributed by atoms with E-state index < -0.39 is 0 Å². The summed E-state index contributed by atoms with van der Waals surface area (Å²) in [7, 11) is 3.08. The number of rotatable bonds is 5. The highest BCUT2D eigenvalue weighted by atomic mass is 16.5. The van der Waals surface area contributed by atoms with Crippen LogP contribution in [0.5, 0.6) is 5.75 Å². The number of ether oxygens (including phenoxy) is 2. The molecule has 0 spiro atoms. The Morgan fingerprint density at radius 3 is 2.50 bits per heavy atom. The second-order valence-corrected chi connectivity index (χ2v) is 4.94. The van der Waals surface area contributed by atoms with Gasteiger partial charge in [-0.2, -0.15) is 0 Å². The average Bonchev–Trinajstić information content (AvgIpc) is 2.94. The molecule has 1 aliphatic carbocycles. The summed E-state index contributed by atoms with van der Waals surface area (Å²) in [5, 5.41) is 3.44. The van der Waals surface area contributed by atoms with Crippen LogP contribution in [-0.2, 0) is 9.53 Å². The first-order valence-electron chi connectivity index (χ1n) is 6.86. The van der Waals surface area contributed by atoms with Gasteiger partial charge in [-0.3, -0.25) is 0 Å². The molecule has 0 aliphatic heterocycles. The summed E-state index contributed by atoms with van der Waals surface area (Å²) in [6.07, 6.45) is 2.71. The molecule has 0 saturated heterocycles. The Morgan fingerprint density at radius 1 is 1.20 bits per heavy atom. The maximum absolute atomic E-state index is 11.7. The standard InChI is InChI=1S/C16H21NO3/c1-11(12-7-9-13(19-2)10-8-12)17-15-6-4-5-14(15)16(18)20-3/h7-11,17H,4-6H2,1-3H3/t11-/m0/s1. The molecule has 0 radical (unpaired) electrons. The molecule has 1 aromatic rings. The molecule has 20 heavy (non-hydrogen) atoms. The van der Waals surface area contributed by atoms with Crippen LogP contribution in [0.1, 0.15) is 37.8 Å². The van der Waals surface area contributed by atoms with Crippen LogP contribution in [0.25, 0.3) is 0 Å². The fourth-order valence-corrected chi connectivity index (χ4v) is 2.49. The fraction of sp³-hybridized carbons (Fsp3) is 0.438. The third kappa shape index (κ3) is 3.13. The number of benzene rings is 1. The zero-order valence-electron chi connectivity index (χ0n) is 12.2. The summed E-state index contributed by atoms with van der Waals surface area (Å²) in [4.78, 5) is 11.7. The van der Waals surface area contributed by atoms with E-state index in [0.29, 0.717) is 0 Å². The Morgan fingerprint density at radius 2 is 1.90 bits per heavy atom. The maximum Gasteiger partial charge on any atom is 0.335 e. The van der Waals surface area contributed by atoms with Crippen LogP contribution in [0.15, 0.2) is 35.5 Å². The second kappa shape index (κ2) is 6.46. The van der Waals surface area contributed by atoms with Gasteiger partial charge in [0.05, 0.1) is 19.8 Å². The summed E-state index contributed by atoms with van der Waals surface area (Å²) < 4.78 is 9.98. The molecular formula is C16H21NO3. The Labute approximate surface area is 119 Å². The third-order valence-corrected chi connectivity index (χ3v) is 3.66. The van der Waals surface area contributed by atoms with E-state index in [1.807, 2.05) is 24.3 Å². The lowest BCUT2D eigenvalue weighted by Crippen LogP contribution is -2.20. The molecule has 0 fully saturated rings. The van der Waals surface area contributed by atoms with Crippen molar-refractivity contribution in [3.05, 3.63) is 41.1 Å². The normalized spacial score (nSPS) is 15.9. The minimum absolute atomic E-state index is 0.147. The highest BCUT2D eigenvalue weighted by Gasteiger charge is 2.22. The van der Waals surface area contributed by atoms with Crippen LogP contribution >= 0.6 is 0 Å². The van der Waals surface area contributed by atoms with Gasteiger partial charge in [0, 0.05) is 11.7 Å². The van der Waals surface area contributed by atoms with E-state index in [4.69, 9.17) is 9.47 Å². The van der Waals surface area contributed by atoms with E-state index in [0.717, 1.165) is 41.8 Å². The lowest BCUT2D eigenvalue weighted by Gasteiger charge is -2.18. The molecular weight excluding hydrogens is 254 g/mol. The zero-order valence-corrected chi connectivity index (χ0v) is 12.2. The summed E-state index contributed by atoms with van der Waals surface area (Å²) >= 11 is 0. The molecule has 0 aromatic heterocycles. The van der Waals surface area contributed by atoms with Gasteiger partial charge in [0.25, 0.3) is 0 Å². The number of methoxy groups -OCH3 is 2. The van der Waals surface area contributed by atoms with Crippen molar-refractivity contribution in [1.82, 2.24) is 5.32 Å². The number of hydrogen-bond donors (Lipinski definition) is 1. The van der Waals surface area contributed by atoms with Gasteiger partial charge >= 0.3 is 5.97 Å². The SMILES string of the molecule is COC(=O)C1=C(N[C@@H](C)c2ccc(OC)cc2)CCC1. The predicted octanol–water partition coefficient (Wildman–Crippen LogP) is 2.96. The predicted molar refractivity (Wildman–Crippen MR) is 77.4 cm³/mol. The van der Waals surface area contributed by atoms with E-state index in [1.165, 1.54) is 7.11 Å². The Hall–Kier alpha value is -1.97. The van der Waals surface area contributed by atoms with Gasteiger partial charge in [0.15, 0.2) is 0 Å². The molecule has 4 heteroatoms. The number of esters is 1. The first-order valence-corrected chi connectivity index (χ1v) is 6.86. The van der Waals surface area contributed by atoms with Crippen LogP contribution in [0, 0.1) is 0 Å². The van der Waals surface area contributed by atoms with E-state index >= 15 is 0 Å². The topological polar surface area (TPSA) is 47.6 Å². The number of hydrogen-bond acceptors (Lipinski definition) is 4. The summed E-state index contributed by atoms with van der Waals surface area (Å²) in [6.45, 7) is 2.09. The van der Waals surface area contributed by atoms with Crippen molar-refractivity contribution in [2.75, 3.05) is 14.2 Å². The molecule has 108 valence electrons. The van der Waals surface area contributed by atoms with Crippen LogP contribution in [0.4, 0.5) is 0 Å². The molecule has 1 aliphatic rings. The van der Waals surface area contributed by atoms with Gasteiger partial charge < -0.3 is 14.8 Å². The molecule has 0 unspecified atom stereocenters. The molecule has 0 heterocycles. The highest BCUT2D eigenvalue weighted by molar-refractivity contribution is 5.89. The van der Waals surface area contributed by atoms with Gasteiger partial charge in [-0.15, -0.1) is 0 Å². The number of carbonyl (C=O) groups excluding carboxylic acids is 1. The van der Waals surface area contributed by atoms with Crippen LogP contribution < -0.4 is 10.1 Å². The number of allylic oxidation sites excluding steroid dienone is 1. The van der Waals surface area contributed by atoms with Crippen molar-refractivity contribution < 1.29 is 14.3 Å². The van der Waals surface area contributed by atoms with Crippen molar-refractivity contribution >= 4 is 5.97 Å². The molecule has 0 bridgehead atoms. The molecule has 1 aromatic carbocycles. The fourth-order valence-electron chi connectivity index (χ4n) is 2.49. The number of carbonyl (C=O) groups is 1. The second-order valence-electron chi connectivity index (χ2n) is 4.94. The first kappa shape index (κ1) is 14.4. The maximum atomic E-state index is 11.7. The van der Waals surface area contributed by atoms with Crippen molar-refractivity contribution in [2.45, 2.75) is 32.2 Å². The third-order valence-electron chi connectivity index (χ3n) is 3.66. The Bertz CT molecular complexity index is 505. The molecule has 0 amide bonds. The molecule has 0 saturated carbocycles. The quantitative estimate of drug-likeness (QED) is 0.839. The molecule has 1 N–H and O–H groups in total. The zero-order chi connectivity index (χ0) is 14.5.